The van der Waals surface area contributed by atoms with Crippen LogP contribution >= 0.6 is 24.0 Å². The first-order valence-corrected chi connectivity index (χ1v) is 7.91. The Morgan fingerprint density at radius 2 is 1.46 bits per heavy atom. The average Bonchev–Trinajstić information content (AvgIpc) is 2.57. The van der Waals surface area contributed by atoms with Crippen molar-refractivity contribution in [3.05, 3.63) is 47.0 Å². The molecule has 0 aliphatic carbocycles. The van der Waals surface area contributed by atoms with E-state index in [2.05, 4.69) is 16.4 Å². The van der Waals surface area contributed by atoms with Crippen LogP contribution in [0.4, 0.5) is 5.69 Å². The molecule has 2 aromatic rings. The van der Waals surface area contributed by atoms with Gasteiger partial charge in [-0.3, -0.25) is 0 Å². The smallest absolute Gasteiger partial charge is 0.203 e. The Balaban J connectivity index is 0.00000338. The fourth-order valence-electron chi connectivity index (χ4n) is 2.64. The minimum Gasteiger partial charge on any atom is -0.493 e. The van der Waals surface area contributed by atoms with Crippen LogP contribution in [0.2, 0.25) is 0 Å². The lowest BCUT2D eigenvalue weighted by molar-refractivity contribution is 0.324. The maximum atomic E-state index is 6.00. The van der Waals surface area contributed by atoms with Crippen LogP contribution in [0.1, 0.15) is 16.7 Å². The number of aryl methyl sites for hydroxylation is 2. The number of halogens is 1. The first-order valence-electron chi connectivity index (χ1n) is 7.91. The number of hydrogen-bond acceptors (Lipinski definition) is 4. The number of nitrogens with one attached hydrogen (secondary N) is 1. The van der Waals surface area contributed by atoms with E-state index in [0.29, 0.717) is 29.8 Å². The Bertz CT molecular complexity index is 733. The van der Waals surface area contributed by atoms with E-state index < -0.39 is 0 Å². The molecule has 0 fully saturated rings. The van der Waals surface area contributed by atoms with E-state index in [1.165, 1.54) is 11.1 Å². The number of guanidine groups is 1. The fraction of sp³-hybridized carbons (Fsp3) is 0.316. The molecule has 0 saturated carbocycles. The zero-order valence-corrected chi connectivity index (χ0v) is 18.1. The summed E-state index contributed by atoms with van der Waals surface area (Å²) in [5.41, 5.74) is 10.2. The first kappa shape index (κ1) is 21.9. The summed E-state index contributed by atoms with van der Waals surface area (Å²) in [4.78, 5) is 4.39. The molecule has 6 nitrogen and oxygen atoms in total. The Labute approximate surface area is 171 Å². The largest absolute Gasteiger partial charge is 0.493 e. The summed E-state index contributed by atoms with van der Waals surface area (Å²) >= 11 is 0. The molecule has 0 atom stereocenters. The van der Waals surface area contributed by atoms with Crippen LogP contribution in [-0.2, 0) is 6.54 Å². The summed E-state index contributed by atoms with van der Waals surface area (Å²) in [6, 6.07) is 9.86. The Kier molecular flexibility index (Phi) is 8.50. The normalized spacial score (nSPS) is 10.7. The van der Waals surface area contributed by atoms with Crippen molar-refractivity contribution in [2.24, 2.45) is 10.7 Å². The lowest BCUT2D eigenvalue weighted by Gasteiger charge is -2.13. The molecule has 26 heavy (non-hydrogen) atoms. The van der Waals surface area contributed by atoms with Gasteiger partial charge in [-0.25, -0.2) is 4.99 Å². The summed E-state index contributed by atoms with van der Waals surface area (Å²) in [7, 11) is 4.74. The molecule has 0 bridgehead atoms. The van der Waals surface area contributed by atoms with Crippen LogP contribution in [0.5, 0.6) is 17.2 Å². The Morgan fingerprint density at radius 1 is 0.923 bits per heavy atom. The predicted molar refractivity (Wildman–Crippen MR) is 116 cm³/mol. The average molecular weight is 471 g/mol. The third-order valence-electron chi connectivity index (χ3n) is 3.65. The second kappa shape index (κ2) is 10.1. The number of hydrogen-bond donors (Lipinski definition) is 2. The van der Waals surface area contributed by atoms with Crippen molar-refractivity contribution in [3.8, 4) is 17.2 Å². The molecule has 0 spiro atoms. The van der Waals surface area contributed by atoms with E-state index in [-0.39, 0.29) is 24.0 Å². The van der Waals surface area contributed by atoms with Gasteiger partial charge in [0.1, 0.15) is 0 Å². The molecule has 0 radical (unpaired) electrons. The van der Waals surface area contributed by atoms with E-state index in [0.717, 1.165) is 11.3 Å². The van der Waals surface area contributed by atoms with Crippen LogP contribution in [0, 0.1) is 13.8 Å². The quantitative estimate of drug-likeness (QED) is 0.380. The lowest BCUT2D eigenvalue weighted by Crippen LogP contribution is -2.22. The SMILES string of the molecule is COc1cc(CN=C(N)Nc2cc(C)cc(C)c2)cc(OC)c1OC.I. The molecule has 0 saturated heterocycles. The molecule has 7 heteroatoms. The van der Waals surface area contributed by atoms with Crippen LogP contribution < -0.4 is 25.3 Å². The number of ether oxygens (including phenoxy) is 3. The summed E-state index contributed by atoms with van der Waals surface area (Å²) < 4.78 is 16.0. The Morgan fingerprint density at radius 3 is 1.92 bits per heavy atom. The number of benzene rings is 2. The number of methoxy groups -OCH3 is 3. The zero-order valence-electron chi connectivity index (χ0n) is 15.8. The van der Waals surface area contributed by atoms with Gasteiger partial charge in [0.25, 0.3) is 0 Å². The van der Waals surface area contributed by atoms with Crippen molar-refractivity contribution in [2.45, 2.75) is 20.4 Å². The third-order valence-corrected chi connectivity index (χ3v) is 3.65. The topological polar surface area (TPSA) is 78.1 Å². The van der Waals surface area contributed by atoms with Crippen LogP contribution in [0.3, 0.4) is 0 Å². The highest BCUT2D eigenvalue weighted by molar-refractivity contribution is 14.0. The molecule has 142 valence electrons. The van der Waals surface area contributed by atoms with Crippen LogP contribution in [0.15, 0.2) is 35.3 Å². The van der Waals surface area contributed by atoms with E-state index in [1.54, 1.807) is 21.3 Å². The molecular formula is C19H26IN3O3. The summed E-state index contributed by atoms with van der Waals surface area (Å²) in [6.07, 6.45) is 0. The number of aliphatic imine (C=N–C) groups is 1. The van der Waals surface area contributed by atoms with Crippen molar-refractivity contribution in [1.82, 2.24) is 0 Å². The molecule has 0 heterocycles. The Hall–Kier alpha value is -2.16. The molecule has 0 aliphatic rings. The summed E-state index contributed by atoms with van der Waals surface area (Å²) in [5.74, 6) is 2.08. The number of rotatable bonds is 6. The number of anilines is 1. The fourth-order valence-corrected chi connectivity index (χ4v) is 2.64. The minimum absolute atomic E-state index is 0. The van der Waals surface area contributed by atoms with Gasteiger partial charge in [-0.05, 0) is 54.8 Å². The molecule has 2 rings (SSSR count). The maximum Gasteiger partial charge on any atom is 0.203 e. The number of nitrogens with zero attached hydrogens (tertiary/aromatic N) is 1. The van der Waals surface area contributed by atoms with Crippen molar-refractivity contribution in [3.63, 3.8) is 0 Å². The molecule has 0 aliphatic heterocycles. The van der Waals surface area contributed by atoms with E-state index in [9.17, 15) is 0 Å². The van der Waals surface area contributed by atoms with Crippen LogP contribution in [0.25, 0.3) is 0 Å². The molecule has 0 aromatic heterocycles. The van der Waals surface area contributed by atoms with Gasteiger partial charge in [0, 0.05) is 5.69 Å². The first-order chi connectivity index (χ1) is 12.0. The zero-order chi connectivity index (χ0) is 18.4. The highest BCUT2D eigenvalue weighted by atomic mass is 127. The minimum atomic E-state index is 0. The summed E-state index contributed by atoms with van der Waals surface area (Å²) in [5, 5.41) is 3.11. The molecule has 2 aromatic carbocycles. The predicted octanol–water partition coefficient (Wildman–Crippen LogP) is 3.87. The van der Waals surface area contributed by atoms with E-state index in [4.69, 9.17) is 19.9 Å². The van der Waals surface area contributed by atoms with Crippen molar-refractivity contribution < 1.29 is 14.2 Å². The van der Waals surface area contributed by atoms with Crippen molar-refractivity contribution in [1.29, 1.82) is 0 Å². The molecular weight excluding hydrogens is 445 g/mol. The number of nitrogens with two attached hydrogens (primary N) is 1. The van der Waals surface area contributed by atoms with Gasteiger partial charge in [-0.1, -0.05) is 6.07 Å². The standard InChI is InChI=1S/C19H25N3O3.HI/c1-12-6-13(2)8-15(7-12)22-19(20)21-11-14-9-16(23-3)18(25-5)17(10-14)24-4;/h6-10H,11H2,1-5H3,(H3,20,21,22);1H. The molecule has 0 unspecified atom stereocenters. The van der Waals surface area contributed by atoms with Crippen molar-refractivity contribution in [2.75, 3.05) is 26.6 Å². The van der Waals surface area contributed by atoms with Crippen molar-refractivity contribution >= 4 is 35.6 Å². The van der Waals surface area contributed by atoms with Gasteiger partial charge in [-0.2, -0.15) is 0 Å². The second-order valence-electron chi connectivity index (χ2n) is 5.74. The van der Waals surface area contributed by atoms with Gasteiger partial charge in [0.15, 0.2) is 17.5 Å². The molecule has 3 N–H and O–H groups in total. The highest BCUT2D eigenvalue weighted by Crippen LogP contribution is 2.38. The third kappa shape index (κ3) is 5.69. The van der Waals surface area contributed by atoms with Crippen LogP contribution in [-0.4, -0.2) is 27.3 Å². The van der Waals surface area contributed by atoms with Gasteiger partial charge in [0.2, 0.25) is 5.75 Å². The van der Waals surface area contributed by atoms with Gasteiger partial charge >= 0.3 is 0 Å². The van der Waals surface area contributed by atoms with E-state index in [1.807, 2.05) is 38.1 Å². The van der Waals surface area contributed by atoms with Gasteiger partial charge < -0.3 is 25.3 Å². The maximum absolute atomic E-state index is 6.00. The van der Waals surface area contributed by atoms with Gasteiger partial charge in [-0.15, -0.1) is 24.0 Å². The lowest BCUT2D eigenvalue weighted by atomic mass is 10.1. The van der Waals surface area contributed by atoms with E-state index >= 15 is 0 Å². The second-order valence-corrected chi connectivity index (χ2v) is 5.74. The molecule has 0 amide bonds. The monoisotopic (exact) mass is 471 g/mol. The highest BCUT2D eigenvalue weighted by Gasteiger charge is 2.12. The van der Waals surface area contributed by atoms with Gasteiger partial charge in [0.05, 0.1) is 27.9 Å². The summed E-state index contributed by atoms with van der Waals surface area (Å²) in [6.45, 7) is 4.48.